The van der Waals surface area contributed by atoms with Crippen LogP contribution in [0.3, 0.4) is 0 Å². The summed E-state index contributed by atoms with van der Waals surface area (Å²) in [5, 5.41) is 10.7. The van der Waals surface area contributed by atoms with E-state index in [-0.39, 0.29) is 0 Å². The summed E-state index contributed by atoms with van der Waals surface area (Å²) in [6.45, 7) is 3.60. The van der Waals surface area contributed by atoms with E-state index in [1.54, 1.807) is 0 Å². The molecule has 9 nitrogen and oxygen atoms in total. The summed E-state index contributed by atoms with van der Waals surface area (Å²) in [6.07, 6.45) is -6.26. The van der Waals surface area contributed by atoms with Crippen LogP contribution in [-0.2, 0) is 38.1 Å². The molecule has 0 amide bonds. The summed E-state index contributed by atoms with van der Waals surface area (Å²) >= 11 is 0. The average molecular weight is 391 g/mol. The van der Waals surface area contributed by atoms with E-state index in [0.29, 0.717) is 0 Å². The molecule has 3 rings (SSSR count). The van der Waals surface area contributed by atoms with Gasteiger partial charge in [-0.25, -0.2) is 0 Å². The van der Waals surface area contributed by atoms with Gasteiger partial charge in [-0.3, -0.25) is 14.4 Å². The quantitative estimate of drug-likeness (QED) is 0.405. The van der Waals surface area contributed by atoms with Gasteiger partial charge in [-0.1, -0.05) is 13.8 Å². The molecular weight excluding hydrogens is 374 g/mol. The highest BCUT2D eigenvalue weighted by atomic mass is 19.3. The summed E-state index contributed by atoms with van der Waals surface area (Å²) in [4.78, 5) is 46.7. The van der Waals surface area contributed by atoms with Crippen molar-refractivity contribution in [2.45, 2.75) is 57.2 Å². The van der Waals surface area contributed by atoms with Gasteiger partial charge < -0.3 is 28.8 Å². The van der Waals surface area contributed by atoms with Gasteiger partial charge in [0.05, 0.1) is 0 Å². The Morgan fingerprint density at radius 3 is 2.33 bits per heavy atom. The lowest BCUT2D eigenvalue weighted by Crippen LogP contribution is -2.55. The predicted molar refractivity (Wildman–Crippen MR) is 75.7 cm³/mol. The second-order valence-corrected chi connectivity index (χ2v) is 7.10. The molecule has 0 N–H and O–H groups in total. The number of fused-ring (bicyclic) bond motifs is 1. The highest BCUT2D eigenvalue weighted by molar-refractivity contribution is 5.87. The van der Waals surface area contributed by atoms with Crippen LogP contribution in [0.25, 0.3) is 0 Å². The van der Waals surface area contributed by atoms with Gasteiger partial charge in [-0.05, 0) is 5.92 Å². The number of esters is 3. The summed E-state index contributed by atoms with van der Waals surface area (Å²) in [6, 6.07) is 0. The number of carboxylic acid groups (broad SMARTS) is 1. The van der Waals surface area contributed by atoms with Crippen LogP contribution >= 0.6 is 0 Å². The second kappa shape index (κ2) is 6.39. The van der Waals surface area contributed by atoms with Crippen molar-refractivity contribution < 1.29 is 52.0 Å². The van der Waals surface area contributed by atoms with Crippen molar-refractivity contribution >= 4 is 23.9 Å². The van der Waals surface area contributed by atoms with Crippen LogP contribution in [-0.4, -0.2) is 60.3 Å². The number of carbonyl (C=O) groups is 4. The van der Waals surface area contributed by atoms with Gasteiger partial charge >= 0.3 is 23.8 Å². The molecule has 3 fully saturated rings. The Balaban J connectivity index is 1.84. The SMILES string of the molecule is CC(=O)OC1C2OC(=O)C3C2OC1C3C(=O)OC(C(C)C)C(F)(F)C(=O)[O-]. The highest BCUT2D eigenvalue weighted by Crippen LogP contribution is 2.51. The zero-order valence-electron chi connectivity index (χ0n) is 14.5. The Bertz CT molecular complexity index is 691. The lowest BCUT2D eigenvalue weighted by molar-refractivity contribution is -0.337. The molecule has 3 aliphatic heterocycles. The molecule has 7 atom stereocenters. The summed E-state index contributed by atoms with van der Waals surface area (Å²) in [7, 11) is 0. The number of hydrogen-bond acceptors (Lipinski definition) is 9. The molecule has 150 valence electrons. The minimum Gasteiger partial charge on any atom is -0.544 e. The van der Waals surface area contributed by atoms with E-state index in [4.69, 9.17) is 18.9 Å². The Hall–Kier alpha value is -2.30. The van der Waals surface area contributed by atoms with Crippen LogP contribution in [0.2, 0.25) is 0 Å². The number of hydrogen-bond donors (Lipinski definition) is 0. The third-order valence-corrected chi connectivity index (χ3v) is 4.96. The van der Waals surface area contributed by atoms with Gasteiger partial charge in [-0.2, -0.15) is 8.78 Å². The minimum atomic E-state index is -4.43. The van der Waals surface area contributed by atoms with E-state index in [1.807, 2.05) is 0 Å². The first-order valence-corrected chi connectivity index (χ1v) is 8.29. The van der Waals surface area contributed by atoms with Crippen molar-refractivity contribution in [1.82, 2.24) is 0 Å². The minimum absolute atomic E-state index is 0.702. The van der Waals surface area contributed by atoms with Gasteiger partial charge in [0.2, 0.25) is 0 Å². The second-order valence-electron chi connectivity index (χ2n) is 7.10. The monoisotopic (exact) mass is 391 g/mol. The van der Waals surface area contributed by atoms with Crippen LogP contribution in [0.1, 0.15) is 20.8 Å². The van der Waals surface area contributed by atoms with Gasteiger partial charge in [0.25, 0.3) is 0 Å². The number of halogens is 2. The van der Waals surface area contributed by atoms with Crippen LogP contribution in [0.4, 0.5) is 8.78 Å². The molecule has 11 heteroatoms. The Kier molecular flexibility index (Phi) is 4.61. The fourth-order valence-electron chi connectivity index (χ4n) is 3.88. The lowest BCUT2D eigenvalue weighted by Gasteiger charge is -2.32. The van der Waals surface area contributed by atoms with Crippen molar-refractivity contribution in [1.29, 1.82) is 0 Å². The standard InChI is InChI=1S/C16H18F2O9/c1-4(2)12(16(17,18)15(22)23)27-14(21)7-6-9-11(26-13(6)20)10(8(7)25-9)24-5(3)19/h4,6-12H,1-3H3,(H,22,23)/p-1. The molecule has 0 saturated carbocycles. The van der Waals surface area contributed by atoms with Crippen LogP contribution in [0.15, 0.2) is 0 Å². The summed E-state index contributed by atoms with van der Waals surface area (Å²) < 4.78 is 48.2. The molecule has 2 bridgehead atoms. The smallest absolute Gasteiger partial charge is 0.323 e. The van der Waals surface area contributed by atoms with Gasteiger partial charge in [0.1, 0.15) is 30.0 Å². The largest absolute Gasteiger partial charge is 0.544 e. The maximum absolute atomic E-state index is 13.9. The number of carbonyl (C=O) groups excluding carboxylic acids is 4. The van der Waals surface area contributed by atoms with Crippen LogP contribution < -0.4 is 5.11 Å². The Morgan fingerprint density at radius 2 is 1.81 bits per heavy atom. The third kappa shape index (κ3) is 2.93. The number of rotatable bonds is 6. The number of carboxylic acids is 1. The number of ether oxygens (including phenoxy) is 4. The lowest BCUT2D eigenvalue weighted by atomic mass is 9.78. The average Bonchev–Trinajstić information content (AvgIpc) is 3.14. The van der Waals surface area contributed by atoms with E-state index in [9.17, 15) is 33.1 Å². The Morgan fingerprint density at radius 1 is 1.19 bits per heavy atom. The molecule has 3 saturated heterocycles. The van der Waals surface area contributed by atoms with E-state index in [0.717, 1.165) is 6.92 Å². The molecule has 0 radical (unpaired) electrons. The van der Waals surface area contributed by atoms with Crippen molar-refractivity contribution in [3.8, 4) is 0 Å². The predicted octanol–water partition coefficient (Wildman–Crippen LogP) is -1.19. The van der Waals surface area contributed by atoms with Crippen molar-refractivity contribution in [2.24, 2.45) is 17.8 Å². The number of alkyl halides is 2. The molecular formula is C16H17F2O9-. The van der Waals surface area contributed by atoms with E-state index in [2.05, 4.69) is 0 Å². The van der Waals surface area contributed by atoms with Crippen molar-refractivity contribution in [3.63, 3.8) is 0 Å². The van der Waals surface area contributed by atoms with Gasteiger partial charge in [0.15, 0.2) is 18.3 Å². The molecule has 0 spiro atoms. The third-order valence-electron chi connectivity index (χ3n) is 4.96. The summed E-state index contributed by atoms with van der Waals surface area (Å²) in [5.41, 5.74) is 0. The first kappa shape index (κ1) is 19.5. The zero-order chi connectivity index (χ0) is 20.3. The molecule has 3 heterocycles. The van der Waals surface area contributed by atoms with Gasteiger partial charge in [0, 0.05) is 6.92 Å². The maximum Gasteiger partial charge on any atom is 0.323 e. The first-order valence-electron chi connectivity index (χ1n) is 8.29. The molecule has 0 aliphatic carbocycles. The highest BCUT2D eigenvalue weighted by Gasteiger charge is 2.72. The zero-order valence-corrected chi connectivity index (χ0v) is 14.5. The molecule has 3 aliphatic rings. The normalized spacial score (nSPS) is 35.1. The molecule has 0 aromatic rings. The maximum atomic E-state index is 13.9. The van der Waals surface area contributed by atoms with Crippen LogP contribution in [0, 0.1) is 17.8 Å². The van der Waals surface area contributed by atoms with Crippen molar-refractivity contribution in [2.75, 3.05) is 0 Å². The molecule has 0 aromatic carbocycles. The first-order chi connectivity index (χ1) is 12.5. The summed E-state index contributed by atoms with van der Waals surface area (Å²) in [5.74, 6) is -13.4. The number of aliphatic carboxylic acids is 1. The molecule has 7 unspecified atom stereocenters. The topological polar surface area (TPSA) is 128 Å². The van der Waals surface area contributed by atoms with Crippen LogP contribution in [0.5, 0.6) is 0 Å². The van der Waals surface area contributed by atoms with Gasteiger partial charge in [-0.15, -0.1) is 0 Å². The van der Waals surface area contributed by atoms with E-state index >= 15 is 0 Å². The van der Waals surface area contributed by atoms with E-state index < -0.39 is 78.1 Å². The molecule has 27 heavy (non-hydrogen) atoms. The molecule has 0 aromatic heterocycles. The fourth-order valence-corrected chi connectivity index (χ4v) is 3.88. The van der Waals surface area contributed by atoms with E-state index in [1.165, 1.54) is 13.8 Å². The fraction of sp³-hybridized carbons (Fsp3) is 0.750. The Labute approximate surface area is 151 Å². The van der Waals surface area contributed by atoms with Crippen molar-refractivity contribution in [3.05, 3.63) is 0 Å².